The van der Waals surface area contributed by atoms with Gasteiger partial charge in [-0.2, -0.15) is 8.78 Å². The van der Waals surface area contributed by atoms with Crippen LogP contribution in [0.1, 0.15) is 17.5 Å². The van der Waals surface area contributed by atoms with Crippen LogP contribution >= 0.6 is 0 Å². The summed E-state index contributed by atoms with van der Waals surface area (Å²) >= 11 is 0. The van der Waals surface area contributed by atoms with Crippen LogP contribution in [0.2, 0.25) is 0 Å². The summed E-state index contributed by atoms with van der Waals surface area (Å²) in [6.07, 6.45) is -1.14. The molecule has 3 nitrogen and oxygen atoms in total. The molecule has 0 aliphatic carbocycles. The summed E-state index contributed by atoms with van der Waals surface area (Å²) < 4.78 is 118. The number of ether oxygens (including phenoxy) is 1. The summed E-state index contributed by atoms with van der Waals surface area (Å²) in [5, 5.41) is 0. The van der Waals surface area contributed by atoms with Gasteiger partial charge in [0.25, 0.3) is 0 Å². The van der Waals surface area contributed by atoms with Gasteiger partial charge >= 0.3 is 6.11 Å². The maximum absolute atomic E-state index is 14.9. The van der Waals surface area contributed by atoms with E-state index in [0.717, 1.165) is 36.4 Å². The Balaban J connectivity index is 1.65. The fourth-order valence-electron chi connectivity index (χ4n) is 3.58. The highest BCUT2D eigenvalue weighted by Crippen LogP contribution is 2.38. The first-order valence-electron chi connectivity index (χ1n) is 10.8. The molecule has 0 spiro atoms. The van der Waals surface area contributed by atoms with Crippen LogP contribution in [0.25, 0.3) is 22.5 Å². The van der Waals surface area contributed by atoms with Crippen molar-refractivity contribution >= 4 is 0 Å². The number of hydrogen-bond donors (Lipinski definition) is 0. The summed E-state index contributed by atoms with van der Waals surface area (Å²) in [5.41, 5.74) is -2.81. The highest BCUT2D eigenvalue weighted by atomic mass is 19.3. The second-order valence-corrected chi connectivity index (χ2v) is 7.91. The molecule has 0 unspecified atom stereocenters. The number of hydrogen-bond acceptors (Lipinski definition) is 3. The molecule has 0 fully saturated rings. The third-order valence-corrected chi connectivity index (χ3v) is 5.29. The Bertz CT molecular complexity index is 1360. The second kappa shape index (κ2) is 10.5. The van der Waals surface area contributed by atoms with E-state index in [1.807, 2.05) is 0 Å². The van der Waals surface area contributed by atoms with Crippen LogP contribution in [-0.4, -0.2) is 16.6 Å². The molecule has 11 heteroatoms. The minimum Gasteiger partial charge on any atom is -0.429 e. The minimum atomic E-state index is -4.53. The Morgan fingerprint density at radius 1 is 0.730 bits per heavy atom. The predicted octanol–water partition coefficient (Wildman–Crippen LogP) is 7.54. The van der Waals surface area contributed by atoms with E-state index in [1.165, 1.54) is 12.4 Å². The number of rotatable bonds is 8. The zero-order valence-corrected chi connectivity index (χ0v) is 18.7. The highest BCUT2D eigenvalue weighted by molar-refractivity contribution is 5.70. The minimum absolute atomic E-state index is 0.0568. The van der Waals surface area contributed by atoms with Crippen molar-refractivity contribution in [2.75, 3.05) is 6.67 Å². The predicted molar refractivity (Wildman–Crippen MR) is 118 cm³/mol. The molecule has 0 atom stereocenters. The third-order valence-electron chi connectivity index (χ3n) is 5.29. The molecule has 0 saturated heterocycles. The van der Waals surface area contributed by atoms with Gasteiger partial charge in [0.1, 0.15) is 40.4 Å². The smallest absolute Gasteiger partial charge is 0.429 e. The van der Waals surface area contributed by atoms with Gasteiger partial charge in [-0.1, -0.05) is 0 Å². The molecule has 4 aromatic rings. The van der Waals surface area contributed by atoms with Gasteiger partial charge in [-0.25, -0.2) is 31.9 Å². The lowest BCUT2D eigenvalue weighted by Crippen LogP contribution is -2.25. The summed E-state index contributed by atoms with van der Waals surface area (Å²) in [7, 11) is 0. The topological polar surface area (TPSA) is 35.0 Å². The molecule has 3 aromatic carbocycles. The SMILES string of the molecule is FCCCc1cnc(-c2cc(F)c(-c3cc(F)c(C(F)(F)Oc4ccc(F)cc4)c(F)c3)c(F)c2)nc1. The summed E-state index contributed by atoms with van der Waals surface area (Å²) in [4.78, 5) is 7.98. The summed E-state index contributed by atoms with van der Waals surface area (Å²) in [6.45, 7) is -0.527. The monoisotopic (exact) mass is 524 g/mol. The van der Waals surface area contributed by atoms with Crippen LogP contribution in [-0.2, 0) is 12.5 Å². The largest absolute Gasteiger partial charge is 0.432 e. The molecule has 1 heterocycles. The van der Waals surface area contributed by atoms with Gasteiger partial charge in [-0.15, -0.1) is 0 Å². The Morgan fingerprint density at radius 2 is 1.27 bits per heavy atom. The highest BCUT2D eigenvalue weighted by Gasteiger charge is 2.41. The van der Waals surface area contributed by atoms with Crippen molar-refractivity contribution < 1.29 is 39.9 Å². The van der Waals surface area contributed by atoms with Crippen molar-refractivity contribution in [1.82, 2.24) is 9.97 Å². The Hall–Kier alpha value is -4.02. The molecule has 0 aliphatic rings. The van der Waals surface area contributed by atoms with E-state index in [9.17, 15) is 35.1 Å². The molecule has 0 bridgehead atoms. The third kappa shape index (κ3) is 5.71. The number of aryl methyl sites for hydroxylation is 1. The molecular formula is C26H16F8N2O. The molecule has 0 aliphatic heterocycles. The first kappa shape index (κ1) is 26.1. The molecule has 0 radical (unpaired) electrons. The van der Waals surface area contributed by atoms with Crippen molar-refractivity contribution in [3.63, 3.8) is 0 Å². The van der Waals surface area contributed by atoms with Gasteiger partial charge in [0.15, 0.2) is 5.82 Å². The Labute approximate surface area is 205 Å². The van der Waals surface area contributed by atoms with E-state index in [1.54, 1.807) is 0 Å². The van der Waals surface area contributed by atoms with E-state index in [4.69, 9.17) is 0 Å². The van der Waals surface area contributed by atoms with E-state index in [-0.39, 0.29) is 17.8 Å². The first-order chi connectivity index (χ1) is 17.6. The maximum Gasteiger partial charge on any atom is 0.432 e. The van der Waals surface area contributed by atoms with E-state index >= 15 is 0 Å². The van der Waals surface area contributed by atoms with Gasteiger partial charge in [-0.05, 0) is 72.5 Å². The van der Waals surface area contributed by atoms with Gasteiger partial charge in [0.05, 0.1) is 12.2 Å². The van der Waals surface area contributed by atoms with Crippen LogP contribution in [0.4, 0.5) is 35.1 Å². The zero-order valence-electron chi connectivity index (χ0n) is 18.7. The van der Waals surface area contributed by atoms with Gasteiger partial charge < -0.3 is 4.74 Å². The summed E-state index contributed by atoms with van der Waals surface area (Å²) in [5.74, 6) is -7.51. The lowest BCUT2D eigenvalue weighted by molar-refractivity contribution is -0.189. The average molecular weight is 524 g/mol. The molecule has 37 heavy (non-hydrogen) atoms. The van der Waals surface area contributed by atoms with Gasteiger partial charge in [-0.3, -0.25) is 4.39 Å². The van der Waals surface area contributed by atoms with Crippen molar-refractivity contribution in [2.45, 2.75) is 19.0 Å². The number of benzene rings is 3. The maximum atomic E-state index is 14.9. The molecule has 0 N–H and O–H groups in total. The second-order valence-electron chi connectivity index (χ2n) is 7.91. The van der Waals surface area contributed by atoms with Crippen LogP contribution in [0.15, 0.2) is 60.9 Å². The van der Waals surface area contributed by atoms with E-state index in [0.29, 0.717) is 24.1 Å². The van der Waals surface area contributed by atoms with Crippen molar-refractivity contribution in [3.05, 3.63) is 101 Å². The molecular weight excluding hydrogens is 508 g/mol. The number of nitrogens with zero attached hydrogens (tertiary/aromatic N) is 2. The van der Waals surface area contributed by atoms with Crippen molar-refractivity contribution in [2.24, 2.45) is 0 Å². The van der Waals surface area contributed by atoms with Crippen LogP contribution in [0, 0.1) is 29.1 Å². The molecule has 4 rings (SSSR count). The number of aromatic nitrogens is 2. The lowest BCUT2D eigenvalue weighted by atomic mass is 9.99. The zero-order chi connectivity index (χ0) is 26.7. The summed E-state index contributed by atoms with van der Waals surface area (Å²) in [6, 6.07) is 5.62. The number of alkyl halides is 3. The van der Waals surface area contributed by atoms with Crippen LogP contribution in [0.5, 0.6) is 5.75 Å². The van der Waals surface area contributed by atoms with Crippen LogP contribution in [0.3, 0.4) is 0 Å². The number of halogens is 8. The normalized spacial score (nSPS) is 11.6. The molecule has 0 saturated carbocycles. The Morgan fingerprint density at radius 3 is 1.81 bits per heavy atom. The van der Waals surface area contributed by atoms with Crippen LogP contribution < -0.4 is 4.74 Å². The fraction of sp³-hybridized carbons (Fsp3) is 0.154. The molecule has 1 aromatic heterocycles. The molecule has 192 valence electrons. The quantitative estimate of drug-likeness (QED) is 0.224. The van der Waals surface area contributed by atoms with Gasteiger partial charge in [0.2, 0.25) is 0 Å². The van der Waals surface area contributed by atoms with Gasteiger partial charge in [0, 0.05) is 18.0 Å². The fourth-order valence-corrected chi connectivity index (χ4v) is 3.58. The Kier molecular flexibility index (Phi) is 7.42. The lowest BCUT2D eigenvalue weighted by Gasteiger charge is -2.20. The van der Waals surface area contributed by atoms with E-state index in [2.05, 4.69) is 14.7 Å². The van der Waals surface area contributed by atoms with E-state index < -0.39 is 64.3 Å². The average Bonchev–Trinajstić information content (AvgIpc) is 2.83. The standard InChI is InChI=1S/C26H16F8N2O/c27-7-1-2-14-12-35-25(36-13-14)16-10-19(29)23(20(30)11-16)15-8-21(31)24(22(32)9-15)26(33,34)37-18-5-3-17(28)4-6-18/h3-6,8-13H,1-2,7H2. The van der Waals surface area contributed by atoms with Crippen molar-refractivity contribution in [1.29, 1.82) is 0 Å². The van der Waals surface area contributed by atoms with Crippen molar-refractivity contribution in [3.8, 4) is 28.3 Å². The molecule has 0 amide bonds. The first-order valence-corrected chi connectivity index (χ1v) is 10.8.